The van der Waals surface area contributed by atoms with E-state index in [0.29, 0.717) is 24.7 Å². The summed E-state index contributed by atoms with van der Waals surface area (Å²) in [5.74, 6) is 1.76. The zero-order valence-electron chi connectivity index (χ0n) is 13.7. The summed E-state index contributed by atoms with van der Waals surface area (Å²) in [5, 5.41) is 14.3. The fraction of sp³-hybridized carbons (Fsp3) is 0.333. The van der Waals surface area contributed by atoms with Crippen molar-refractivity contribution in [3.05, 3.63) is 54.1 Å². The van der Waals surface area contributed by atoms with Gasteiger partial charge in [0.2, 0.25) is 0 Å². The first-order valence-electron chi connectivity index (χ1n) is 7.19. The number of pyridine rings is 1. The minimum atomic E-state index is -0.372. The Kier molecular flexibility index (Phi) is 8.30. The molecule has 0 saturated carbocycles. The summed E-state index contributed by atoms with van der Waals surface area (Å²) in [5.41, 5.74) is 0.293. The fourth-order valence-corrected chi connectivity index (χ4v) is 1.80. The third-order valence-corrected chi connectivity index (χ3v) is 3.23. The highest BCUT2D eigenvalue weighted by atomic mass is 127. The van der Waals surface area contributed by atoms with Crippen molar-refractivity contribution in [2.75, 3.05) is 6.54 Å². The van der Waals surface area contributed by atoms with Gasteiger partial charge in [-0.1, -0.05) is 6.08 Å². The summed E-state index contributed by atoms with van der Waals surface area (Å²) in [6.45, 7) is 6.66. The Hall–Kier alpha value is -2.04. The molecule has 7 nitrogen and oxygen atoms in total. The Morgan fingerprint density at radius 3 is 2.83 bits per heavy atom. The molecular weight excluding hydrogens is 424 g/mol. The first-order valence-corrected chi connectivity index (χ1v) is 7.19. The molecule has 24 heavy (non-hydrogen) atoms. The van der Waals surface area contributed by atoms with Gasteiger partial charge in [0.25, 0.3) is 0 Å². The molecule has 0 aromatic carbocycles. The largest absolute Gasteiger partial charge is 0.353 e. The van der Waals surface area contributed by atoms with Gasteiger partial charge >= 0.3 is 0 Å². The van der Waals surface area contributed by atoms with Crippen molar-refractivity contribution in [3.8, 4) is 0 Å². The van der Waals surface area contributed by atoms with Gasteiger partial charge in [0, 0.05) is 19.8 Å². The van der Waals surface area contributed by atoms with Crippen LogP contribution >= 0.6 is 24.0 Å². The van der Waals surface area contributed by atoms with Gasteiger partial charge in [0.05, 0.1) is 18.8 Å². The first-order chi connectivity index (χ1) is 11.1. The van der Waals surface area contributed by atoms with Crippen LogP contribution in [0.3, 0.4) is 0 Å². The maximum atomic E-state index is 13.6. The van der Waals surface area contributed by atoms with Crippen molar-refractivity contribution < 1.29 is 4.39 Å². The summed E-state index contributed by atoms with van der Waals surface area (Å²) in [6.07, 6.45) is 3.26. The van der Waals surface area contributed by atoms with Gasteiger partial charge in [-0.2, -0.15) is 0 Å². The molecule has 9 heteroatoms. The third-order valence-electron chi connectivity index (χ3n) is 3.23. The van der Waals surface area contributed by atoms with Gasteiger partial charge in [-0.3, -0.25) is 4.98 Å². The minimum Gasteiger partial charge on any atom is -0.353 e. The summed E-state index contributed by atoms with van der Waals surface area (Å²) in [4.78, 5) is 8.31. The molecule has 130 valence electrons. The predicted molar refractivity (Wildman–Crippen MR) is 102 cm³/mol. The molecular formula is C15H21FIN7. The third kappa shape index (κ3) is 5.55. The number of rotatable bonds is 6. The van der Waals surface area contributed by atoms with Gasteiger partial charge < -0.3 is 15.2 Å². The van der Waals surface area contributed by atoms with Crippen LogP contribution in [0.2, 0.25) is 0 Å². The van der Waals surface area contributed by atoms with Gasteiger partial charge in [0.1, 0.15) is 11.6 Å². The molecule has 0 fully saturated rings. The van der Waals surface area contributed by atoms with Crippen LogP contribution in [-0.4, -0.2) is 32.3 Å². The SMILES string of the molecule is C=CCNC(=NCc1ncccc1F)NCc1nnc(C)n1C.I. The lowest BCUT2D eigenvalue weighted by atomic mass is 10.3. The molecule has 0 aliphatic rings. The molecule has 0 aliphatic heterocycles. The number of nitrogens with zero attached hydrogens (tertiary/aromatic N) is 5. The Morgan fingerprint density at radius 2 is 2.21 bits per heavy atom. The average Bonchev–Trinajstić information content (AvgIpc) is 2.87. The normalized spacial score (nSPS) is 10.9. The highest BCUT2D eigenvalue weighted by Crippen LogP contribution is 2.03. The maximum absolute atomic E-state index is 13.6. The van der Waals surface area contributed by atoms with E-state index in [2.05, 4.69) is 37.4 Å². The molecule has 0 bridgehead atoms. The summed E-state index contributed by atoms with van der Waals surface area (Å²) >= 11 is 0. The number of guanidine groups is 1. The zero-order valence-corrected chi connectivity index (χ0v) is 16.0. The van der Waals surface area contributed by atoms with Crippen LogP contribution in [0.1, 0.15) is 17.3 Å². The lowest BCUT2D eigenvalue weighted by molar-refractivity contribution is 0.599. The number of aromatic nitrogens is 4. The molecule has 0 amide bonds. The second kappa shape index (κ2) is 9.96. The van der Waals surface area contributed by atoms with E-state index in [9.17, 15) is 4.39 Å². The van der Waals surface area contributed by atoms with Crippen molar-refractivity contribution in [2.24, 2.45) is 12.0 Å². The average molecular weight is 445 g/mol. The molecule has 2 heterocycles. The molecule has 2 rings (SSSR count). The zero-order chi connectivity index (χ0) is 16.7. The molecule has 2 aromatic heterocycles. The molecule has 2 N–H and O–H groups in total. The fourth-order valence-electron chi connectivity index (χ4n) is 1.80. The summed E-state index contributed by atoms with van der Waals surface area (Å²) in [6, 6.07) is 2.92. The van der Waals surface area contributed by atoms with Crippen molar-refractivity contribution >= 4 is 29.9 Å². The van der Waals surface area contributed by atoms with Crippen molar-refractivity contribution in [1.29, 1.82) is 0 Å². The Bertz CT molecular complexity index is 699. The van der Waals surface area contributed by atoms with Gasteiger partial charge in [0.15, 0.2) is 11.8 Å². The van der Waals surface area contributed by atoms with Crippen LogP contribution in [0.15, 0.2) is 36.0 Å². The Labute approximate surface area is 157 Å². The summed E-state index contributed by atoms with van der Waals surface area (Å²) in [7, 11) is 1.89. The van der Waals surface area contributed by atoms with Crippen LogP contribution in [-0.2, 0) is 20.1 Å². The van der Waals surface area contributed by atoms with E-state index in [4.69, 9.17) is 0 Å². The maximum Gasteiger partial charge on any atom is 0.192 e. The Morgan fingerprint density at radius 1 is 1.42 bits per heavy atom. The number of hydrogen-bond donors (Lipinski definition) is 2. The minimum absolute atomic E-state index is 0. The highest BCUT2D eigenvalue weighted by Gasteiger charge is 2.07. The number of nitrogens with one attached hydrogen (secondary N) is 2. The monoisotopic (exact) mass is 445 g/mol. The second-order valence-electron chi connectivity index (χ2n) is 4.84. The van der Waals surface area contributed by atoms with E-state index in [1.807, 2.05) is 18.5 Å². The Balaban J connectivity index is 0.00000288. The van der Waals surface area contributed by atoms with E-state index < -0.39 is 0 Å². The van der Waals surface area contributed by atoms with E-state index in [1.165, 1.54) is 6.07 Å². The second-order valence-corrected chi connectivity index (χ2v) is 4.84. The number of hydrogen-bond acceptors (Lipinski definition) is 4. The lowest BCUT2D eigenvalue weighted by Gasteiger charge is -2.11. The first kappa shape index (κ1) is 20.0. The van der Waals surface area contributed by atoms with E-state index >= 15 is 0 Å². The smallest absolute Gasteiger partial charge is 0.192 e. The van der Waals surface area contributed by atoms with Crippen LogP contribution in [0.4, 0.5) is 4.39 Å². The van der Waals surface area contributed by atoms with Crippen LogP contribution in [0.5, 0.6) is 0 Å². The van der Waals surface area contributed by atoms with Gasteiger partial charge in [-0.25, -0.2) is 9.38 Å². The van der Waals surface area contributed by atoms with Crippen LogP contribution in [0, 0.1) is 12.7 Å². The van der Waals surface area contributed by atoms with E-state index in [0.717, 1.165) is 11.6 Å². The summed E-state index contributed by atoms with van der Waals surface area (Å²) < 4.78 is 15.5. The molecule has 0 radical (unpaired) electrons. The van der Waals surface area contributed by atoms with E-state index in [1.54, 1.807) is 18.3 Å². The standard InChI is InChI=1S/C15H20FN7.HI/c1-4-7-18-15(19-9-13-12(16)6-5-8-17-13)20-10-14-22-21-11(2)23(14)3;/h4-6,8H,1,7,9-10H2,2-3H3,(H2,18,19,20);1H. The quantitative estimate of drug-likeness (QED) is 0.306. The molecule has 0 unspecified atom stereocenters. The topological polar surface area (TPSA) is 80.0 Å². The highest BCUT2D eigenvalue weighted by molar-refractivity contribution is 14.0. The molecule has 2 aromatic rings. The van der Waals surface area contributed by atoms with Crippen molar-refractivity contribution in [3.63, 3.8) is 0 Å². The number of halogens is 2. The van der Waals surface area contributed by atoms with Crippen molar-refractivity contribution in [1.82, 2.24) is 30.4 Å². The van der Waals surface area contributed by atoms with Crippen LogP contribution < -0.4 is 10.6 Å². The van der Waals surface area contributed by atoms with Crippen molar-refractivity contribution in [2.45, 2.75) is 20.0 Å². The number of aliphatic imine (C=N–C) groups is 1. The molecule has 0 saturated heterocycles. The van der Waals surface area contributed by atoms with Gasteiger partial charge in [-0.15, -0.1) is 40.8 Å². The molecule has 0 aliphatic carbocycles. The molecule has 0 spiro atoms. The van der Waals surface area contributed by atoms with Crippen LogP contribution in [0.25, 0.3) is 0 Å². The van der Waals surface area contributed by atoms with E-state index in [-0.39, 0.29) is 36.3 Å². The number of aryl methyl sites for hydroxylation is 1. The lowest BCUT2D eigenvalue weighted by Crippen LogP contribution is -2.37. The van der Waals surface area contributed by atoms with Gasteiger partial charge in [-0.05, 0) is 19.1 Å². The predicted octanol–water partition coefficient (Wildman–Crippen LogP) is 1.70. The molecule has 0 atom stereocenters.